The number of nitro benzene ring substituents is 1. The van der Waals surface area contributed by atoms with Crippen LogP contribution in [0.15, 0.2) is 33.9 Å². The zero-order chi connectivity index (χ0) is 11.5. The summed E-state index contributed by atoms with van der Waals surface area (Å²) in [4.78, 5) is 9.62. The molecule has 16 heavy (non-hydrogen) atoms. The van der Waals surface area contributed by atoms with Crippen LogP contribution in [-0.4, -0.2) is 17.9 Å². The first kappa shape index (κ1) is 15.1. The summed E-state index contributed by atoms with van der Waals surface area (Å²) < 4.78 is 32.6. The molecule has 1 aromatic carbocycles. The molecule has 0 saturated carbocycles. The number of rotatable bonds is 3. The molecule has 0 saturated heterocycles. The van der Waals surface area contributed by atoms with Crippen molar-refractivity contribution in [1.29, 1.82) is 0 Å². The Hall–Kier alpha value is -0.870. The van der Waals surface area contributed by atoms with E-state index in [0.717, 1.165) is 12.1 Å². The van der Waals surface area contributed by atoms with Crippen molar-refractivity contribution in [2.45, 2.75) is 0 Å². The number of hydrogen-bond acceptors (Lipinski definition) is 6. The predicted octanol–water partition coefficient (Wildman–Crippen LogP) is -1.86. The van der Waals surface area contributed by atoms with E-state index in [9.17, 15) is 23.1 Å². The van der Waals surface area contributed by atoms with E-state index in [1.54, 1.807) is 0 Å². The molecule has 0 aliphatic rings. The van der Waals surface area contributed by atoms with E-state index in [2.05, 4.69) is 9.63 Å². The summed E-state index contributed by atoms with van der Waals surface area (Å²) in [6.45, 7) is 0. The molecule has 8 nitrogen and oxygen atoms in total. The van der Waals surface area contributed by atoms with Crippen LogP contribution in [0.25, 0.3) is 0 Å². The number of hydrogen-bond donors (Lipinski definition) is 0. The average molecular weight is 253 g/mol. The minimum Gasteiger partial charge on any atom is -0.728 e. The van der Waals surface area contributed by atoms with Gasteiger partial charge >= 0.3 is 29.6 Å². The van der Waals surface area contributed by atoms with Gasteiger partial charge in [0, 0.05) is 12.1 Å². The van der Waals surface area contributed by atoms with Gasteiger partial charge in [-0.1, -0.05) is 4.52 Å². The molecule has 10 heteroatoms. The molecule has 1 rings (SSSR count). The third-order valence-electron chi connectivity index (χ3n) is 1.32. The smallest absolute Gasteiger partial charge is 0.728 e. The molecule has 0 heterocycles. The topological polar surface area (TPSA) is 125 Å². The maximum Gasteiger partial charge on any atom is 1.00 e. The summed E-state index contributed by atoms with van der Waals surface area (Å²) in [5.74, 6) is 0. The number of nitro groups is 1. The summed E-state index contributed by atoms with van der Waals surface area (Å²) in [7, 11) is -4.77. The quantitative estimate of drug-likeness (QED) is 0.205. The van der Waals surface area contributed by atoms with Gasteiger partial charge in [0.05, 0.1) is 10.6 Å². The molecule has 0 radical (unpaired) electrons. The van der Waals surface area contributed by atoms with Crippen molar-refractivity contribution in [2.75, 3.05) is 0 Å². The second-order valence-electron chi connectivity index (χ2n) is 2.38. The van der Waals surface area contributed by atoms with Crippen LogP contribution in [-0.2, 0) is 10.3 Å². The van der Waals surface area contributed by atoms with Crippen LogP contribution in [0, 0.1) is 10.1 Å². The summed E-state index contributed by atoms with van der Waals surface area (Å²) >= 11 is 0. The van der Waals surface area contributed by atoms with Gasteiger partial charge in [-0.2, -0.15) is 0 Å². The van der Waals surface area contributed by atoms with Crippen LogP contribution in [0.1, 0.15) is 0 Å². The first-order chi connectivity index (χ1) is 6.88. The molecule has 0 aliphatic heterocycles. The number of nitrogens with zero attached hydrogens (tertiary/aromatic N) is 3. The first-order valence-electron chi connectivity index (χ1n) is 3.52. The summed E-state index contributed by atoms with van der Waals surface area (Å²) in [5, 5.41) is 13.3. The minimum absolute atomic E-state index is 0. The van der Waals surface area contributed by atoms with Crippen molar-refractivity contribution in [3.05, 3.63) is 34.4 Å². The summed E-state index contributed by atoms with van der Waals surface area (Å²) in [5.41, 5.74) is -0.126. The molecule has 80 valence electrons. The maximum atomic E-state index is 10.2. The van der Waals surface area contributed by atoms with E-state index in [0.29, 0.717) is 0 Å². The van der Waals surface area contributed by atoms with Crippen LogP contribution in [0.5, 0.6) is 0 Å². The van der Waals surface area contributed by atoms with Crippen LogP contribution >= 0.6 is 0 Å². The third-order valence-corrected chi connectivity index (χ3v) is 1.60. The van der Waals surface area contributed by atoms with Crippen LogP contribution in [0.3, 0.4) is 0 Å². The van der Waals surface area contributed by atoms with Gasteiger partial charge < -0.3 is 4.55 Å². The van der Waals surface area contributed by atoms with E-state index in [1.807, 2.05) is 0 Å². The minimum atomic E-state index is -4.77. The zero-order valence-electron chi connectivity index (χ0n) is 8.10. The Kier molecular flexibility index (Phi) is 5.68. The van der Waals surface area contributed by atoms with Gasteiger partial charge in [0.1, 0.15) is 0 Å². The molecule has 1 aromatic rings. The van der Waals surface area contributed by atoms with E-state index >= 15 is 0 Å². The van der Waals surface area contributed by atoms with Gasteiger partial charge in [0.15, 0.2) is 0 Å². The molecule has 0 atom stereocenters. The van der Waals surface area contributed by atoms with Gasteiger partial charge in [0.2, 0.25) is 10.3 Å². The predicted molar refractivity (Wildman–Crippen MR) is 47.3 cm³/mol. The average Bonchev–Trinajstić information content (AvgIpc) is 2.14. The molecule has 0 aromatic heterocycles. The Bertz CT molecular complexity index is 497. The molecular weight excluding hydrogens is 249 g/mol. The Labute approximate surface area is 113 Å². The fourth-order valence-corrected chi connectivity index (χ4v) is 0.932. The normalized spacial score (nSPS) is 11.1. The van der Waals surface area contributed by atoms with E-state index in [4.69, 9.17) is 0 Å². The van der Waals surface area contributed by atoms with Gasteiger partial charge in [0.25, 0.3) is 5.69 Å². The molecule has 0 amide bonds. The Morgan fingerprint density at radius 3 is 2.06 bits per heavy atom. The standard InChI is InChI=1S/C6H5N3O5S.Na/c10-9(11)6-3-1-5(2-4-6)7-8-15(12,13)14;/h1-4H,(H,12,13,14);/q;+1/p-1. The molecular formula is C6H4N3NaO5S. The van der Waals surface area contributed by atoms with Crippen molar-refractivity contribution >= 4 is 21.7 Å². The Morgan fingerprint density at radius 1 is 1.19 bits per heavy atom. The molecule has 0 N–H and O–H groups in total. The molecule has 0 unspecified atom stereocenters. The van der Waals surface area contributed by atoms with Crippen molar-refractivity contribution in [2.24, 2.45) is 9.63 Å². The first-order valence-corrected chi connectivity index (χ1v) is 4.88. The van der Waals surface area contributed by atoms with E-state index < -0.39 is 15.2 Å². The van der Waals surface area contributed by atoms with Gasteiger partial charge in [-0.15, -0.1) is 5.11 Å². The number of benzene rings is 1. The zero-order valence-corrected chi connectivity index (χ0v) is 10.9. The van der Waals surface area contributed by atoms with E-state index in [-0.39, 0.29) is 40.9 Å². The summed E-state index contributed by atoms with van der Waals surface area (Å²) in [6, 6.07) is 4.58. The van der Waals surface area contributed by atoms with Gasteiger partial charge in [-0.25, -0.2) is 8.42 Å². The summed E-state index contributed by atoms with van der Waals surface area (Å²) in [6.07, 6.45) is 0. The van der Waals surface area contributed by atoms with Crippen LogP contribution < -0.4 is 29.6 Å². The fourth-order valence-electron chi connectivity index (χ4n) is 0.738. The molecule has 0 fully saturated rings. The fraction of sp³-hybridized carbons (Fsp3) is 0. The third kappa shape index (κ3) is 5.28. The second-order valence-corrected chi connectivity index (χ2v) is 3.40. The van der Waals surface area contributed by atoms with Gasteiger partial charge in [-0.05, 0) is 12.1 Å². The van der Waals surface area contributed by atoms with Gasteiger partial charge in [-0.3, -0.25) is 10.1 Å². The van der Waals surface area contributed by atoms with Crippen LogP contribution in [0.4, 0.5) is 11.4 Å². The van der Waals surface area contributed by atoms with Crippen molar-refractivity contribution < 1.29 is 47.5 Å². The maximum absolute atomic E-state index is 10.2. The second kappa shape index (κ2) is 6.01. The van der Waals surface area contributed by atoms with Crippen molar-refractivity contribution in [1.82, 2.24) is 0 Å². The van der Waals surface area contributed by atoms with E-state index in [1.165, 1.54) is 12.1 Å². The largest absolute Gasteiger partial charge is 1.00 e. The monoisotopic (exact) mass is 253 g/mol. The molecule has 0 aliphatic carbocycles. The SMILES string of the molecule is O=[N+]([O-])c1ccc(N=NS(=O)(=O)[O-])cc1.[Na+]. The van der Waals surface area contributed by atoms with Crippen molar-refractivity contribution in [3.63, 3.8) is 0 Å². The van der Waals surface area contributed by atoms with Crippen molar-refractivity contribution in [3.8, 4) is 0 Å². The molecule has 0 spiro atoms. The van der Waals surface area contributed by atoms with Crippen LogP contribution in [0.2, 0.25) is 0 Å². The Balaban J connectivity index is 0.00000225. The molecule has 0 bridgehead atoms. The Morgan fingerprint density at radius 2 is 1.69 bits per heavy atom. The number of non-ortho nitro benzene ring substituents is 1.